The molecule has 0 unspecified atom stereocenters. The fraction of sp³-hybridized carbons (Fsp3) is 0.357. The van der Waals surface area contributed by atoms with E-state index < -0.39 is 5.97 Å². The number of aliphatic carboxylic acids is 1. The number of hydrogen-bond acceptors (Lipinski definition) is 3. The molecule has 96 valence electrons. The fourth-order valence-corrected chi connectivity index (χ4v) is 2.00. The minimum Gasteiger partial charge on any atom is -0.493 e. The second-order valence-corrected chi connectivity index (χ2v) is 4.37. The lowest BCUT2D eigenvalue weighted by Gasteiger charge is -2.22. The molecule has 0 amide bonds. The lowest BCUT2D eigenvalue weighted by atomic mass is 10.1. The van der Waals surface area contributed by atoms with Gasteiger partial charge in [-0.15, -0.1) is 0 Å². The second-order valence-electron chi connectivity index (χ2n) is 4.37. The predicted octanol–water partition coefficient (Wildman–Crippen LogP) is 2.09. The molecule has 1 aromatic carbocycles. The van der Waals surface area contributed by atoms with Gasteiger partial charge in [0.1, 0.15) is 5.75 Å². The SMILES string of the molecule is CN(C/C=C/C(=O)O)c1ccc2c(c1)CCCO2. The van der Waals surface area contributed by atoms with Crippen LogP contribution < -0.4 is 9.64 Å². The first-order valence-corrected chi connectivity index (χ1v) is 6.03. The first-order valence-electron chi connectivity index (χ1n) is 6.03. The highest BCUT2D eigenvalue weighted by Crippen LogP contribution is 2.28. The number of rotatable bonds is 4. The average Bonchev–Trinajstić information content (AvgIpc) is 2.37. The van der Waals surface area contributed by atoms with E-state index in [1.807, 2.05) is 24.1 Å². The van der Waals surface area contributed by atoms with Gasteiger partial charge in [-0.1, -0.05) is 6.08 Å². The van der Waals surface area contributed by atoms with E-state index in [1.54, 1.807) is 6.08 Å². The van der Waals surface area contributed by atoms with E-state index in [0.29, 0.717) is 6.54 Å². The summed E-state index contributed by atoms with van der Waals surface area (Å²) in [5.41, 5.74) is 2.31. The van der Waals surface area contributed by atoms with Crippen molar-refractivity contribution in [2.24, 2.45) is 0 Å². The van der Waals surface area contributed by atoms with E-state index in [-0.39, 0.29) is 0 Å². The van der Waals surface area contributed by atoms with Crippen molar-refractivity contribution < 1.29 is 14.6 Å². The van der Waals surface area contributed by atoms with Crippen molar-refractivity contribution >= 4 is 11.7 Å². The van der Waals surface area contributed by atoms with Crippen LogP contribution in [-0.2, 0) is 11.2 Å². The Hall–Kier alpha value is -1.97. The van der Waals surface area contributed by atoms with E-state index in [0.717, 1.165) is 37.0 Å². The van der Waals surface area contributed by atoms with Crippen LogP contribution in [0, 0.1) is 0 Å². The smallest absolute Gasteiger partial charge is 0.328 e. The quantitative estimate of drug-likeness (QED) is 0.828. The molecule has 1 aliphatic heterocycles. The number of hydrogen-bond donors (Lipinski definition) is 1. The van der Waals surface area contributed by atoms with Crippen molar-refractivity contribution in [3.05, 3.63) is 35.9 Å². The summed E-state index contributed by atoms with van der Waals surface area (Å²) in [5, 5.41) is 8.53. The Morgan fingerprint density at radius 2 is 2.39 bits per heavy atom. The standard InChI is InChI=1S/C14H17NO3/c1-15(8-2-5-14(16)17)12-6-7-13-11(10-12)4-3-9-18-13/h2,5-7,10H,3-4,8-9H2,1H3,(H,16,17)/b5-2+. The van der Waals surface area contributed by atoms with Crippen molar-refractivity contribution in [2.45, 2.75) is 12.8 Å². The van der Waals surface area contributed by atoms with Gasteiger partial charge in [-0.05, 0) is 36.6 Å². The van der Waals surface area contributed by atoms with Gasteiger partial charge >= 0.3 is 5.97 Å². The van der Waals surface area contributed by atoms with Crippen LogP contribution in [0.1, 0.15) is 12.0 Å². The van der Waals surface area contributed by atoms with E-state index in [9.17, 15) is 4.79 Å². The third-order valence-electron chi connectivity index (χ3n) is 2.97. The zero-order valence-corrected chi connectivity index (χ0v) is 10.4. The van der Waals surface area contributed by atoms with E-state index in [2.05, 4.69) is 6.07 Å². The third-order valence-corrected chi connectivity index (χ3v) is 2.97. The lowest BCUT2D eigenvalue weighted by molar-refractivity contribution is -0.131. The Balaban J connectivity index is 2.06. The largest absolute Gasteiger partial charge is 0.493 e. The van der Waals surface area contributed by atoms with Crippen LogP contribution in [0.3, 0.4) is 0 Å². The summed E-state index contributed by atoms with van der Waals surface area (Å²) >= 11 is 0. The highest BCUT2D eigenvalue weighted by Gasteiger charge is 2.11. The van der Waals surface area contributed by atoms with E-state index in [1.165, 1.54) is 5.56 Å². The van der Waals surface area contributed by atoms with Gasteiger partial charge in [-0.2, -0.15) is 0 Å². The summed E-state index contributed by atoms with van der Waals surface area (Å²) in [6.45, 7) is 1.37. The van der Waals surface area contributed by atoms with Gasteiger partial charge in [0, 0.05) is 25.4 Å². The number of benzene rings is 1. The van der Waals surface area contributed by atoms with Gasteiger partial charge in [0.2, 0.25) is 0 Å². The van der Waals surface area contributed by atoms with Crippen LogP contribution in [-0.4, -0.2) is 31.3 Å². The Kier molecular flexibility index (Phi) is 3.87. The minimum absolute atomic E-state index is 0.575. The van der Waals surface area contributed by atoms with E-state index in [4.69, 9.17) is 9.84 Å². The number of ether oxygens (including phenoxy) is 1. The highest BCUT2D eigenvalue weighted by atomic mass is 16.5. The molecule has 1 aromatic rings. The number of nitrogens with zero attached hydrogens (tertiary/aromatic N) is 1. The highest BCUT2D eigenvalue weighted by molar-refractivity contribution is 5.79. The molecule has 1 heterocycles. The van der Waals surface area contributed by atoms with Crippen LogP contribution in [0.4, 0.5) is 5.69 Å². The number of likely N-dealkylation sites (N-methyl/N-ethyl adjacent to an activating group) is 1. The van der Waals surface area contributed by atoms with Gasteiger partial charge < -0.3 is 14.7 Å². The van der Waals surface area contributed by atoms with Crippen LogP contribution in [0.15, 0.2) is 30.4 Å². The molecular weight excluding hydrogens is 230 g/mol. The second kappa shape index (κ2) is 5.58. The monoisotopic (exact) mass is 247 g/mol. The zero-order chi connectivity index (χ0) is 13.0. The number of carbonyl (C=O) groups is 1. The van der Waals surface area contributed by atoms with Crippen molar-refractivity contribution in [3.8, 4) is 5.75 Å². The van der Waals surface area contributed by atoms with Gasteiger partial charge in [-0.25, -0.2) is 4.79 Å². The Morgan fingerprint density at radius 1 is 1.56 bits per heavy atom. The van der Waals surface area contributed by atoms with Crippen LogP contribution in [0.2, 0.25) is 0 Å². The van der Waals surface area contributed by atoms with Gasteiger partial charge in [0.05, 0.1) is 6.61 Å². The van der Waals surface area contributed by atoms with Crippen molar-refractivity contribution in [1.29, 1.82) is 0 Å². The summed E-state index contributed by atoms with van der Waals surface area (Å²) in [6.07, 6.45) is 4.90. The molecule has 0 atom stereocenters. The predicted molar refractivity (Wildman–Crippen MR) is 70.3 cm³/mol. The number of fused-ring (bicyclic) bond motifs is 1. The molecule has 1 N–H and O–H groups in total. The molecular formula is C14H17NO3. The summed E-state index contributed by atoms with van der Waals surface area (Å²) in [7, 11) is 1.94. The summed E-state index contributed by atoms with van der Waals surface area (Å²) in [4.78, 5) is 12.4. The maximum atomic E-state index is 10.4. The fourth-order valence-electron chi connectivity index (χ4n) is 2.00. The van der Waals surface area contributed by atoms with Crippen molar-refractivity contribution in [3.63, 3.8) is 0 Å². The number of carboxylic acid groups (broad SMARTS) is 1. The van der Waals surface area contributed by atoms with Gasteiger partial charge in [0.25, 0.3) is 0 Å². The van der Waals surface area contributed by atoms with Crippen molar-refractivity contribution in [2.75, 3.05) is 25.1 Å². The number of carboxylic acids is 1. The molecule has 1 aliphatic rings. The molecule has 0 aliphatic carbocycles. The van der Waals surface area contributed by atoms with Crippen molar-refractivity contribution in [1.82, 2.24) is 0 Å². The molecule has 18 heavy (non-hydrogen) atoms. The summed E-state index contributed by atoms with van der Waals surface area (Å²) < 4.78 is 5.56. The molecule has 0 saturated carbocycles. The Bertz CT molecular complexity index is 468. The first kappa shape index (κ1) is 12.5. The Morgan fingerprint density at radius 3 is 3.17 bits per heavy atom. The van der Waals surface area contributed by atoms with Crippen LogP contribution in [0.5, 0.6) is 5.75 Å². The molecule has 0 radical (unpaired) electrons. The first-order chi connectivity index (χ1) is 8.66. The summed E-state index contributed by atoms with van der Waals surface area (Å²) in [6, 6.07) is 6.10. The number of aryl methyl sites for hydroxylation is 1. The molecule has 2 rings (SSSR count). The van der Waals surface area contributed by atoms with E-state index >= 15 is 0 Å². The molecule has 0 spiro atoms. The summed E-state index contributed by atoms with van der Waals surface area (Å²) in [5.74, 6) is 0.0571. The average molecular weight is 247 g/mol. The topological polar surface area (TPSA) is 49.8 Å². The maximum Gasteiger partial charge on any atom is 0.328 e. The maximum absolute atomic E-state index is 10.4. The molecule has 0 aromatic heterocycles. The molecule has 0 fully saturated rings. The zero-order valence-electron chi connectivity index (χ0n) is 10.4. The third kappa shape index (κ3) is 3.03. The molecule has 0 bridgehead atoms. The van der Waals surface area contributed by atoms with Crippen LogP contribution >= 0.6 is 0 Å². The lowest BCUT2D eigenvalue weighted by Crippen LogP contribution is -2.18. The molecule has 0 saturated heterocycles. The molecule has 4 heteroatoms. The Labute approximate surface area is 106 Å². The minimum atomic E-state index is -0.915. The molecule has 4 nitrogen and oxygen atoms in total. The number of anilines is 1. The van der Waals surface area contributed by atoms with Crippen LogP contribution in [0.25, 0.3) is 0 Å². The normalized spacial score (nSPS) is 14.1. The van der Waals surface area contributed by atoms with Gasteiger partial charge in [-0.3, -0.25) is 0 Å². The van der Waals surface area contributed by atoms with Gasteiger partial charge in [0.15, 0.2) is 0 Å².